The summed E-state index contributed by atoms with van der Waals surface area (Å²) < 4.78 is 37.0. The Bertz CT molecular complexity index is 1330. The van der Waals surface area contributed by atoms with E-state index in [9.17, 15) is 14.0 Å². The summed E-state index contributed by atoms with van der Waals surface area (Å²) >= 11 is 1.40. The molecule has 2 aliphatic heterocycles. The highest BCUT2D eigenvalue weighted by molar-refractivity contribution is 8.06. The second kappa shape index (κ2) is 10.4. The van der Waals surface area contributed by atoms with Crippen molar-refractivity contribution in [1.29, 1.82) is 5.26 Å². The number of morpholine rings is 1. The summed E-state index contributed by atoms with van der Waals surface area (Å²) in [7, 11) is 0. The number of allylic oxidation sites excluding steroid dienone is 2. The van der Waals surface area contributed by atoms with Crippen LogP contribution in [0.25, 0.3) is 11.3 Å². The Kier molecular flexibility index (Phi) is 6.88. The summed E-state index contributed by atoms with van der Waals surface area (Å²) in [5, 5.41) is 21.9. The van der Waals surface area contributed by atoms with Gasteiger partial charge >= 0.3 is 6.61 Å². The van der Waals surface area contributed by atoms with Gasteiger partial charge in [-0.05, 0) is 48.7 Å². The molecule has 1 fully saturated rings. The number of para-hydroxylation sites is 1. The molecule has 0 N–H and O–H groups in total. The SMILES string of the molecule is CC1=CSC(=C(C#N)c2nnc(N3CCOCC3)n2-c2ccccc2)N1c1ccc(OC(F)F)cc1. The molecule has 11 heteroatoms. The highest BCUT2D eigenvalue weighted by atomic mass is 32.2. The normalized spacial score (nSPS) is 17.2. The van der Waals surface area contributed by atoms with E-state index in [0.29, 0.717) is 54.4 Å². The monoisotopic (exact) mass is 508 g/mol. The molecule has 3 aromatic rings. The van der Waals surface area contributed by atoms with Crippen molar-refractivity contribution >= 4 is 29.0 Å². The average molecular weight is 509 g/mol. The van der Waals surface area contributed by atoms with Crippen molar-refractivity contribution in [2.45, 2.75) is 13.5 Å². The lowest BCUT2D eigenvalue weighted by atomic mass is 10.2. The fraction of sp³-hybridized carbons (Fsp3) is 0.240. The molecule has 0 atom stereocenters. The summed E-state index contributed by atoms with van der Waals surface area (Å²) in [5.74, 6) is 1.12. The number of halogens is 2. The Balaban J connectivity index is 1.61. The van der Waals surface area contributed by atoms with E-state index in [0.717, 1.165) is 11.4 Å². The molecular formula is C25H22F2N6O2S. The predicted molar refractivity (Wildman–Crippen MR) is 134 cm³/mol. The standard InChI is InChI=1S/C25H22F2N6O2S/c1-17-16-36-23(32(17)19-7-9-20(10-8-19)35-24(26)27)21(15-28)22-29-30-25(31-11-13-34-14-12-31)33(22)18-5-3-2-4-6-18/h2-10,16,24H,11-14H2,1H3. The number of benzene rings is 2. The third-order valence-electron chi connectivity index (χ3n) is 5.72. The van der Waals surface area contributed by atoms with Gasteiger partial charge in [0.05, 0.1) is 18.9 Å². The number of alkyl halides is 2. The van der Waals surface area contributed by atoms with Gasteiger partial charge in [-0.1, -0.05) is 30.0 Å². The average Bonchev–Trinajstić information content (AvgIpc) is 3.50. The largest absolute Gasteiger partial charge is 0.435 e. The molecule has 5 rings (SSSR count). The maximum Gasteiger partial charge on any atom is 0.387 e. The quantitative estimate of drug-likeness (QED) is 0.430. The molecule has 0 aliphatic carbocycles. The molecule has 2 aromatic carbocycles. The van der Waals surface area contributed by atoms with Gasteiger partial charge in [-0.3, -0.25) is 4.57 Å². The van der Waals surface area contributed by atoms with Crippen LogP contribution in [0, 0.1) is 11.3 Å². The molecule has 0 unspecified atom stereocenters. The van der Waals surface area contributed by atoms with Crippen LogP contribution in [-0.4, -0.2) is 47.7 Å². The zero-order chi connectivity index (χ0) is 25.1. The van der Waals surface area contributed by atoms with E-state index >= 15 is 0 Å². The summed E-state index contributed by atoms with van der Waals surface area (Å²) in [6.07, 6.45) is 0. The second-order valence-corrected chi connectivity index (χ2v) is 8.83. The number of rotatable bonds is 6. The first-order chi connectivity index (χ1) is 17.6. The molecule has 0 spiro atoms. The number of hydrogen-bond acceptors (Lipinski definition) is 8. The van der Waals surface area contributed by atoms with Crippen LogP contribution in [0.3, 0.4) is 0 Å². The predicted octanol–water partition coefficient (Wildman–Crippen LogP) is 5.01. The highest BCUT2D eigenvalue weighted by Crippen LogP contribution is 2.43. The van der Waals surface area contributed by atoms with Gasteiger partial charge < -0.3 is 19.3 Å². The maximum atomic E-state index is 12.6. The fourth-order valence-corrected chi connectivity index (χ4v) is 5.09. The van der Waals surface area contributed by atoms with E-state index in [1.165, 1.54) is 23.9 Å². The number of thioether (sulfide) groups is 1. The van der Waals surface area contributed by atoms with Crippen LogP contribution >= 0.6 is 11.8 Å². The van der Waals surface area contributed by atoms with Gasteiger partial charge in [0.25, 0.3) is 0 Å². The third-order valence-corrected chi connectivity index (χ3v) is 6.79. The molecule has 1 aromatic heterocycles. The van der Waals surface area contributed by atoms with Gasteiger partial charge in [0.15, 0.2) is 5.82 Å². The zero-order valence-electron chi connectivity index (χ0n) is 19.3. The molecule has 36 heavy (non-hydrogen) atoms. The van der Waals surface area contributed by atoms with Crippen molar-refractivity contribution in [2.24, 2.45) is 0 Å². The minimum absolute atomic E-state index is 0.0623. The maximum absolute atomic E-state index is 12.6. The molecule has 8 nitrogen and oxygen atoms in total. The van der Waals surface area contributed by atoms with Crippen LogP contribution < -0.4 is 14.5 Å². The highest BCUT2D eigenvalue weighted by Gasteiger charge is 2.30. The first-order valence-electron chi connectivity index (χ1n) is 11.2. The van der Waals surface area contributed by atoms with E-state index in [-0.39, 0.29) is 5.75 Å². The zero-order valence-corrected chi connectivity index (χ0v) is 20.2. The van der Waals surface area contributed by atoms with Crippen LogP contribution in [0.4, 0.5) is 20.4 Å². The molecule has 0 saturated carbocycles. The third kappa shape index (κ3) is 4.65. The van der Waals surface area contributed by atoms with Crippen LogP contribution in [0.1, 0.15) is 12.7 Å². The van der Waals surface area contributed by atoms with Crippen LogP contribution in [0.5, 0.6) is 5.75 Å². The lowest BCUT2D eigenvalue weighted by Gasteiger charge is -2.28. The first kappa shape index (κ1) is 23.8. The van der Waals surface area contributed by atoms with Gasteiger partial charge in [-0.25, -0.2) is 0 Å². The molecule has 184 valence electrons. The van der Waals surface area contributed by atoms with E-state index < -0.39 is 6.61 Å². The van der Waals surface area contributed by atoms with E-state index in [1.54, 1.807) is 12.1 Å². The van der Waals surface area contributed by atoms with Gasteiger partial charge in [-0.2, -0.15) is 14.0 Å². The topological polar surface area (TPSA) is 79.4 Å². The minimum atomic E-state index is -2.90. The number of nitriles is 1. The Hall–Kier alpha value is -3.88. The van der Waals surface area contributed by atoms with Crippen molar-refractivity contribution in [3.63, 3.8) is 0 Å². The Morgan fingerprint density at radius 1 is 1.06 bits per heavy atom. The molecule has 1 saturated heterocycles. The lowest BCUT2D eigenvalue weighted by Crippen LogP contribution is -2.38. The van der Waals surface area contributed by atoms with Crippen LogP contribution in [0.15, 0.2) is 70.7 Å². The Morgan fingerprint density at radius 2 is 1.78 bits per heavy atom. The van der Waals surface area contributed by atoms with Gasteiger partial charge in [0.2, 0.25) is 5.95 Å². The number of hydrogen-bond donors (Lipinski definition) is 0. The fourth-order valence-electron chi connectivity index (χ4n) is 4.09. The molecule has 0 radical (unpaired) electrons. The molecule has 3 heterocycles. The van der Waals surface area contributed by atoms with Crippen molar-refractivity contribution in [3.05, 3.63) is 76.6 Å². The van der Waals surface area contributed by atoms with Crippen molar-refractivity contribution < 1.29 is 18.3 Å². The Labute approximate surface area is 211 Å². The second-order valence-electron chi connectivity index (χ2n) is 7.97. The summed E-state index contributed by atoms with van der Waals surface area (Å²) in [6.45, 7) is 1.52. The molecular weight excluding hydrogens is 486 g/mol. The molecule has 0 amide bonds. The van der Waals surface area contributed by atoms with Gasteiger partial charge in [-0.15, -0.1) is 10.2 Å². The first-order valence-corrected chi connectivity index (χ1v) is 12.1. The number of ether oxygens (including phenoxy) is 2. The number of aromatic nitrogens is 3. The molecule has 0 bridgehead atoms. The summed E-state index contributed by atoms with van der Waals surface area (Å²) in [6, 6.07) is 18.3. The van der Waals surface area contributed by atoms with E-state index in [4.69, 9.17) is 4.74 Å². The van der Waals surface area contributed by atoms with Crippen molar-refractivity contribution in [2.75, 3.05) is 36.1 Å². The van der Waals surface area contributed by atoms with E-state index in [1.807, 2.05) is 52.1 Å². The van der Waals surface area contributed by atoms with Gasteiger partial charge in [0, 0.05) is 24.5 Å². The number of nitrogens with zero attached hydrogens (tertiary/aromatic N) is 6. The lowest BCUT2D eigenvalue weighted by molar-refractivity contribution is -0.0498. The van der Waals surface area contributed by atoms with Gasteiger partial charge in [0.1, 0.15) is 22.4 Å². The van der Waals surface area contributed by atoms with E-state index in [2.05, 4.69) is 25.9 Å². The van der Waals surface area contributed by atoms with Crippen molar-refractivity contribution in [3.8, 4) is 17.5 Å². The summed E-state index contributed by atoms with van der Waals surface area (Å²) in [5.41, 5.74) is 2.76. The summed E-state index contributed by atoms with van der Waals surface area (Å²) in [4.78, 5) is 3.99. The van der Waals surface area contributed by atoms with Crippen LogP contribution in [-0.2, 0) is 4.74 Å². The molecule has 2 aliphatic rings. The smallest absolute Gasteiger partial charge is 0.387 e. The minimum Gasteiger partial charge on any atom is -0.435 e. The van der Waals surface area contributed by atoms with Crippen molar-refractivity contribution in [1.82, 2.24) is 14.8 Å². The van der Waals surface area contributed by atoms with Crippen LogP contribution in [0.2, 0.25) is 0 Å². The Morgan fingerprint density at radius 3 is 2.44 bits per heavy atom. The number of anilines is 2.